The fourth-order valence-corrected chi connectivity index (χ4v) is 3.28. The largest absolute Gasteiger partial charge is 0.315 e. The van der Waals surface area contributed by atoms with Crippen LogP contribution in [0.3, 0.4) is 0 Å². The Bertz CT molecular complexity index is 510. The van der Waals surface area contributed by atoms with Gasteiger partial charge in [-0.05, 0) is 13.0 Å². The summed E-state index contributed by atoms with van der Waals surface area (Å²) in [6.07, 6.45) is 5.36. The standard InChI is InChI=1S/C13H24N4O2S/c1-4-8-17(9-5-2)20(18,19)13-11-15-16(12-13)10-7-14-6-3/h4,11-12,14H,1,5-10H2,2-3H3. The zero-order chi connectivity index (χ0) is 15.0. The number of nitrogens with zero attached hydrogens (tertiary/aromatic N) is 3. The van der Waals surface area contributed by atoms with E-state index >= 15 is 0 Å². The van der Waals surface area contributed by atoms with Gasteiger partial charge in [0.1, 0.15) is 4.90 Å². The molecule has 0 unspecified atom stereocenters. The van der Waals surface area contributed by atoms with Crippen LogP contribution in [0.5, 0.6) is 0 Å². The maximum absolute atomic E-state index is 12.5. The molecule has 0 amide bonds. The van der Waals surface area contributed by atoms with Gasteiger partial charge in [0.25, 0.3) is 0 Å². The van der Waals surface area contributed by atoms with Crippen molar-refractivity contribution >= 4 is 10.0 Å². The van der Waals surface area contributed by atoms with Crippen LogP contribution in [-0.2, 0) is 16.6 Å². The Labute approximate surface area is 121 Å². The lowest BCUT2D eigenvalue weighted by molar-refractivity contribution is 0.441. The highest BCUT2D eigenvalue weighted by Gasteiger charge is 2.24. The van der Waals surface area contributed by atoms with E-state index in [1.165, 1.54) is 10.5 Å². The van der Waals surface area contributed by atoms with E-state index in [1.54, 1.807) is 17.0 Å². The highest BCUT2D eigenvalue weighted by Crippen LogP contribution is 2.15. The van der Waals surface area contributed by atoms with Gasteiger partial charge < -0.3 is 5.32 Å². The van der Waals surface area contributed by atoms with Crippen LogP contribution in [0, 0.1) is 0 Å². The lowest BCUT2D eigenvalue weighted by Crippen LogP contribution is -2.31. The zero-order valence-corrected chi connectivity index (χ0v) is 13.1. The van der Waals surface area contributed by atoms with Crippen LogP contribution in [0.1, 0.15) is 20.3 Å². The first-order chi connectivity index (χ1) is 9.56. The van der Waals surface area contributed by atoms with Crippen LogP contribution in [0.4, 0.5) is 0 Å². The summed E-state index contributed by atoms with van der Waals surface area (Å²) in [4.78, 5) is 0.240. The molecule has 0 aliphatic heterocycles. The Hall–Kier alpha value is -1.18. The molecule has 0 fully saturated rings. The number of hydrogen-bond acceptors (Lipinski definition) is 4. The van der Waals surface area contributed by atoms with Crippen LogP contribution in [-0.4, -0.2) is 48.7 Å². The molecule has 1 heterocycles. The summed E-state index contributed by atoms with van der Waals surface area (Å²) in [5.74, 6) is 0. The van der Waals surface area contributed by atoms with Crippen LogP contribution >= 0.6 is 0 Å². The van der Waals surface area contributed by atoms with Crippen molar-refractivity contribution in [2.24, 2.45) is 0 Å². The van der Waals surface area contributed by atoms with Gasteiger partial charge in [0.05, 0.1) is 12.7 Å². The van der Waals surface area contributed by atoms with Crippen molar-refractivity contribution in [3.8, 4) is 0 Å². The number of rotatable bonds is 10. The Kier molecular flexibility index (Phi) is 6.90. The molecule has 114 valence electrons. The molecule has 1 aromatic rings. The summed E-state index contributed by atoms with van der Waals surface area (Å²) in [5.41, 5.74) is 0. The molecule has 0 saturated heterocycles. The molecular formula is C13H24N4O2S. The summed E-state index contributed by atoms with van der Waals surface area (Å²) in [6, 6.07) is 0. The molecule has 0 atom stereocenters. The number of aromatic nitrogens is 2. The van der Waals surface area contributed by atoms with Crippen molar-refractivity contribution < 1.29 is 8.42 Å². The normalized spacial score (nSPS) is 11.9. The minimum absolute atomic E-state index is 0.240. The van der Waals surface area contributed by atoms with Crippen LogP contribution in [0.2, 0.25) is 0 Å². The molecule has 0 aliphatic carbocycles. The third kappa shape index (κ3) is 4.43. The third-order valence-electron chi connectivity index (χ3n) is 2.82. The van der Waals surface area contributed by atoms with E-state index in [2.05, 4.69) is 17.0 Å². The highest BCUT2D eigenvalue weighted by molar-refractivity contribution is 7.89. The molecule has 0 bridgehead atoms. The molecule has 0 saturated carbocycles. The Morgan fingerprint density at radius 2 is 2.25 bits per heavy atom. The monoisotopic (exact) mass is 300 g/mol. The first-order valence-electron chi connectivity index (χ1n) is 6.90. The van der Waals surface area contributed by atoms with Crippen molar-refractivity contribution in [1.82, 2.24) is 19.4 Å². The lowest BCUT2D eigenvalue weighted by atomic mass is 10.5. The number of hydrogen-bond donors (Lipinski definition) is 1. The van der Waals surface area contributed by atoms with Crippen molar-refractivity contribution in [2.45, 2.75) is 31.7 Å². The van der Waals surface area contributed by atoms with Crippen LogP contribution in [0.25, 0.3) is 0 Å². The van der Waals surface area contributed by atoms with E-state index in [0.29, 0.717) is 19.6 Å². The fourth-order valence-electron chi connectivity index (χ4n) is 1.82. The van der Waals surface area contributed by atoms with Crippen molar-refractivity contribution in [1.29, 1.82) is 0 Å². The number of sulfonamides is 1. The second-order valence-electron chi connectivity index (χ2n) is 4.44. The van der Waals surface area contributed by atoms with Crippen LogP contribution < -0.4 is 5.32 Å². The van der Waals surface area contributed by atoms with Crippen LogP contribution in [0.15, 0.2) is 29.9 Å². The Morgan fingerprint density at radius 3 is 2.85 bits per heavy atom. The van der Waals surface area contributed by atoms with Gasteiger partial charge in [-0.2, -0.15) is 9.40 Å². The second-order valence-corrected chi connectivity index (χ2v) is 6.38. The minimum atomic E-state index is -3.48. The van der Waals surface area contributed by atoms with Crippen molar-refractivity contribution in [3.63, 3.8) is 0 Å². The first-order valence-corrected chi connectivity index (χ1v) is 8.34. The fraction of sp³-hybridized carbons (Fsp3) is 0.615. The molecule has 1 N–H and O–H groups in total. The first kappa shape index (κ1) is 16.9. The molecule has 0 aliphatic rings. The molecule has 20 heavy (non-hydrogen) atoms. The average molecular weight is 300 g/mol. The topological polar surface area (TPSA) is 67.2 Å². The maximum Gasteiger partial charge on any atom is 0.246 e. The van der Waals surface area contributed by atoms with E-state index < -0.39 is 10.0 Å². The SMILES string of the molecule is C=CCN(CCC)S(=O)(=O)c1cnn(CCNCC)c1. The van der Waals surface area contributed by atoms with E-state index in [-0.39, 0.29) is 4.90 Å². The van der Waals surface area contributed by atoms with Gasteiger partial charge in [0.15, 0.2) is 0 Å². The summed E-state index contributed by atoms with van der Waals surface area (Å²) in [6.45, 7) is 10.7. The summed E-state index contributed by atoms with van der Waals surface area (Å²) < 4.78 is 28.0. The average Bonchev–Trinajstić information content (AvgIpc) is 2.88. The summed E-state index contributed by atoms with van der Waals surface area (Å²) in [7, 11) is -3.48. The smallest absolute Gasteiger partial charge is 0.246 e. The van der Waals surface area contributed by atoms with E-state index in [9.17, 15) is 8.42 Å². The minimum Gasteiger partial charge on any atom is -0.315 e. The Morgan fingerprint density at radius 1 is 1.50 bits per heavy atom. The molecule has 0 aromatic carbocycles. The third-order valence-corrected chi connectivity index (χ3v) is 4.64. The lowest BCUT2D eigenvalue weighted by Gasteiger charge is -2.18. The van der Waals surface area contributed by atoms with E-state index in [0.717, 1.165) is 19.5 Å². The zero-order valence-electron chi connectivity index (χ0n) is 12.2. The highest BCUT2D eigenvalue weighted by atomic mass is 32.2. The van der Waals surface area contributed by atoms with Crippen molar-refractivity contribution in [3.05, 3.63) is 25.0 Å². The molecule has 7 heteroatoms. The predicted octanol–water partition coefficient (Wildman–Crippen LogP) is 1.08. The van der Waals surface area contributed by atoms with Crippen molar-refractivity contribution in [2.75, 3.05) is 26.2 Å². The molecule has 6 nitrogen and oxygen atoms in total. The maximum atomic E-state index is 12.5. The Balaban J connectivity index is 2.83. The van der Waals surface area contributed by atoms with Gasteiger partial charge in [0.2, 0.25) is 10.0 Å². The number of nitrogens with one attached hydrogen (secondary N) is 1. The van der Waals surface area contributed by atoms with Gasteiger partial charge >= 0.3 is 0 Å². The van der Waals surface area contributed by atoms with E-state index in [1.807, 2.05) is 13.8 Å². The van der Waals surface area contributed by atoms with Gasteiger partial charge in [-0.1, -0.05) is 19.9 Å². The van der Waals surface area contributed by atoms with Gasteiger partial charge in [-0.15, -0.1) is 6.58 Å². The van der Waals surface area contributed by atoms with Gasteiger partial charge in [0, 0.05) is 25.8 Å². The predicted molar refractivity (Wildman–Crippen MR) is 80.0 cm³/mol. The molecule has 0 radical (unpaired) electrons. The second kappa shape index (κ2) is 8.18. The summed E-state index contributed by atoms with van der Waals surface area (Å²) in [5, 5.41) is 7.28. The molecular weight excluding hydrogens is 276 g/mol. The summed E-state index contributed by atoms with van der Waals surface area (Å²) >= 11 is 0. The quantitative estimate of drug-likeness (QED) is 0.519. The van der Waals surface area contributed by atoms with Gasteiger partial charge in [-0.25, -0.2) is 8.42 Å². The molecule has 0 spiro atoms. The van der Waals surface area contributed by atoms with Gasteiger partial charge in [-0.3, -0.25) is 4.68 Å². The molecule has 1 aromatic heterocycles. The molecule has 1 rings (SSSR count). The van der Waals surface area contributed by atoms with E-state index in [4.69, 9.17) is 0 Å². The number of likely N-dealkylation sites (N-methyl/N-ethyl adjacent to an activating group) is 1.